The van der Waals surface area contributed by atoms with Crippen molar-refractivity contribution in [3.63, 3.8) is 0 Å². The third kappa shape index (κ3) is 4.10. The van der Waals surface area contributed by atoms with Gasteiger partial charge in [0, 0.05) is 23.3 Å². The lowest BCUT2D eigenvalue weighted by molar-refractivity contribution is -0.143. The maximum absolute atomic E-state index is 12.4. The van der Waals surface area contributed by atoms with Gasteiger partial charge in [0.1, 0.15) is 16.7 Å². The molecule has 2 heterocycles. The molecule has 0 fully saturated rings. The van der Waals surface area contributed by atoms with Gasteiger partial charge < -0.3 is 14.6 Å². The van der Waals surface area contributed by atoms with Gasteiger partial charge in [-0.3, -0.25) is 4.79 Å². The van der Waals surface area contributed by atoms with Gasteiger partial charge in [-0.2, -0.15) is 0 Å². The number of esters is 1. The summed E-state index contributed by atoms with van der Waals surface area (Å²) in [6.45, 7) is 0.230. The van der Waals surface area contributed by atoms with Crippen LogP contribution in [0.25, 0.3) is 10.6 Å². The van der Waals surface area contributed by atoms with Gasteiger partial charge in [0.2, 0.25) is 0 Å². The molecule has 0 bridgehead atoms. The maximum atomic E-state index is 12.4. The third-order valence-corrected chi connectivity index (χ3v) is 4.39. The fourth-order valence-electron chi connectivity index (χ4n) is 2.25. The average Bonchev–Trinajstić information content (AvgIpc) is 3.33. The number of carbonyl (C=O) groups excluding carboxylic acids is 2. The molecule has 0 saturated carbocycles. The van der Waals surface area contributed by atoms with Crippen LogP contribution in [0.5, 0.6) is 0 Å². The highest BCUT2D eigenvalue weighted by molar-refractivity contribution is 7.13. The van der Waals surface area contributed by atoms with Gasteiger partial charge in [0.05, 0.1) is 20.0 Å². The Balaban J connectivity index is 1.73. The molecule has 2 aromatic heterocycles. The van der Waals surface area contributed by atoms with E-state index >= 15 is 0 Å². The Hall–Kier alpha value is -3.00. The lowest BCUT2D eigenvalue weighted by Gasteiger charge is -2.16. The van der Waals surface area contributed by atoms with Crippen molar-refractivity contribution in [2.45, 2.75) is 12.6 Å². The van der Waals surface area contributed by atoms with E-state index in [1.165, 1.54) is 18.4 Å². The second kappa shape index (κ2) is 7.71. The minimum Gasteiger partial charge on any atom is -0.467 e. The predicted octanol–water partition coefficient (Wildman–Crippen LogP) is 1.98. The molecule has 0 unspecified atom stereocenters. The number of rotatable bonds is 6. The molecule has 3 aromatic rings. The molecule has 0 saturated heterocycles. The molecule has 0 aliphatic carbocycles. The van der Waals surface area contributed by atoms with Crippen LogP contribution in [0.1, 0.15) is 10.5 Å². The molecule has 1 atom stereocenters. The zero-order valence-electron chi connectivity index (χ0n) is 13.5. The lowest BCUT2D eigenvalue weighted by Crippen LogP contribution is -2.44. The van der Waals surface area contributed by atoms with E-state index < -0.39 is 17.9 Å². The molecule has 1 N–H and O–H groups in total. The number of thiazole rings is 1. The van der Waals surface area contributed by atoms with Crippen LogP contribution in [0.2, 0.25) is 0 Å². The largest absolute Gasteiger partial charge is 0.467 e. The first-order valence-corrected chi connectivity index (χ1v) is 8.40. The Kier molecular flexibility index (Phi) is 5.20. The molecule has 0 aliphatic rings. The van der Waals surface area contributed by atoms with Crippen molar-refractivity contribution in [1.29, 1.82) is 0 Å². The summed E-state index contributed by atoms with van der Waals surface area (Å²) in [6, 6.07) is 8.77. The van der Waals surface area contributed by atoms with Crippen LogP contribution >= 0.6 is 11.3 Å². The van der Waals surface area contributed by atoms with E-state index in [0.717, 1.165) is 10.6 Å². The first-order valence-electron chi connectivity index (χ1n) is 7.52. The number of hydrogen-bond donors (Lipinski definition) is 1. The Bertz CT molecular complexity index is 846. The molecular formula is C17H16N4O3S. The topological polar surface area (TPSA) is 86.1 Å². The number of nitrogens with zero attached hydrogens (tertiary/aromatic N) is 3. The number of imidazole rings is 1. The predicted molar refractivity (Wildman–Crippen MR) is 93.0 cm³/mol. The van der Waals surface area contributed by atoms with Crippen molar-refractivity contribution < 1.29 is 14.3 Å². The number of hydrogen-bond acceptors (Lipinski definition) is 6. The third-order valence-electron chi connectivity index (χ3n) is 3.50. The monoisotopic (exact) mass is 356 g/mol. The van der Waals surface area contributed by atoms with Crippen LogP contribution in [0.4, 0.5) is 0 Å². The molecule has 0 aliphatic heterocycles. The van der Waals surface area contributed by atoms with Gasteiger partial charge in [-0.1, -0.05) is 30.3 Å². The maximum Gasteiger partial charge on any atom is 0.330 e. The van der Waals surface area contributed by atoms with E-state index in [-0.39, 0.29) is 12.2 Å². The first-order chi connectivity index (χ1) is 12.2. The minimum absolute atomic E-state index is 0.230. The molecular weight excluding hydrogens is 340 g/mol. The summed E-state index contributed by atoms with van der Waals surface area (Å²) in [5.74, 6) is -0.950. The summed E-state index contributed by atoms with van der Waals surface area (Å²) in [6.07, 6.45) is 4.87. The van der Waals surface area contributed by atoms with Gasteiger partial charge >= 0.3 is 5.97 Å². The molecule has 128 valence electrons. The number of benzene rings is 1. The van der Waals surface area contributed by atoms with Crippen LogP contribution in [0, 0.1) is 0 Å². The SMILES string of the molecule is COC(=O)[C@@H](Cn1ccnc1)NC(=O)c1csc(-c2ccccc2)n1. The number of carbonyl (C=O) groups is 2. The van der Waals surface area contributed by atoms with Gasteiger partial charge in [-0.15, -0.1) is 11.3 Å². The fourth-order valence-corrected chi connectivity index (χ4v) is 3.06. The van der Waals surface area contributed by atoms with E-state index in [4.69, 9.17) is 4.74 Å². The van der Waals surface area contributed by atoms with E-state index in [2.05, 4.69) is 15.3 Å². The Morgan fingerprint density at radius 2 is 2.12 bits per heavy atom. The highest BCUT2D eigenvalue weighted by Gasteiger charge is 2.24. The molecule has 7 nitrogen and oxygen atoms in total. The molecule has 1 amide bonds. The standard InChI is InChI=1S/C17H16N4O3S/c1-24-17(23)13(9-21-8-7-18-11-21)19-15(22)14-10-25-16(20-14)12-5-3-2-4-6-12/h2-8,10-11,13H,9H2,1H3,(H,19,22)/t13-/m1/s1. The van der Waals surface area contributed by atoms with Crippen molar-refractivity contribution in [2.75, 3.05) is 7.11 Å². The second-order valence-corrected chi connectivity index (χ2v) is 6.07. The second-order valence-electron chi connectivity index (χ2n) is 5.21. The van der Waals surface area contributed by atoms with Crippen LogP contribution in [0.15, 0.2) is 54.4 Å². The molecule has 1 aromatic carbocycles. The molecule has 0 radical (unpaired) electrons. The van der Waals surface area contributed by atoms with Gasteiger partial charge in [0.15, 0.2) is 0 Å². The van der Waals surface area contributed by atoms with Crippen LogP contribution in [-0.2, 0) is 16.1 Å². The number of nitrogens with one attached hydrogen (secondary N) is 1. The number of methoxy groups -OCH3 is 1. The summed E-state index contributed by atoms with van der Waals surface area (Å²) < 4.78 is 6.46. The van der Waals surface area contributed by atoms with E-state index in [9.17, 15) is 9.59 Å². The van der Waals surface area contributed by atoms with Crippen LogP contribution in [-0.4, -0.2) is 39.6 Å². The van der Waals surface area contributed by atoms with E-state index in [1.54, 1.807) is 28.7 Å². The van der Waals surface area contributed by atoms with Gasteiger partial charge in [0.25, 0.3) is 5.91 Å². The quantitative estimate of drug-likeness (QED) is 0.683. The van der Waals surface area contributed by atoms with Gasteiger partial charge in [-0.05, 0) is 0 Å². The molecule has 25 heavy (non-hydrogen) atoms. The summed E-state index contributed by atoms with van der Waals surface area (Å²) in [5, 5.41) is 5.08. The fraction of sp³-hybridized carbons (Fsp3) is 0.176. The zero-order valence-corrected chi connectivity index (χ0v) is 14.3. The summed E-state index contributed by atoms with van der Waals surface area (Å²) >= 11 is 1.37. The van der Waals surface area contributed by atoms with E-state index in [1.807, 2.05) is 30.3 Å². The molecule has 3 rings (SSSR count). The highest BCUT2D eigenvalue weighted by Crippen LogP contribution is 2.23. The number of ether oxygens (including phenoxy) is 1. The van der Waals surface area contributed by atoms with Crippen molar-refractivity contribution in [3.05, 3.63) is 60.1 Å². The number of aromatic nitrogens is 3. The number of amides is 1. The summed E-state index contributed by atoms with van der Waals surface area (Å²) in [7, 11) is 1.28. The van der Waals surface area contributed by atoms with Crippen molar-refractivity contribution in [2.24, 2.45) is 0 Å². The van der Waals surface area contributed by atoms with Crippen molar-refractivity contribution >= 4 is 23.2 Å². The zero-order chi connectivity index (χ0) is 17.6. The normalized spacial score (nSPS) is 11.7. The van der Waals surface area contributed by atoms with Crippen LogP contribution < -0.4 is 5.32 Å². The Morgan fingerprint density at radius 3 is 2.80 bits per heavy atom. The minimum atomic E-state index is -0.825. The van der Waals surface area contributed by atoms with E-state index in [0.29, 0.717) is 0 Å². The average molecular weight is 356 g/mol. The smallest absolute Gasteiger partial charge is 0.330 e. The summed E-state index contributed by atoms with van der Waals surface area (Å²) in [4.78, 5) is 32.7. The molecule has 8 heteroatoms. The first kappa shape index (κ1) is 16.8. The van der Waals surface area contributed by atoms with Crippen LogP contribution in [0.3, 0.4) is 0 Å². The van der Waals surface area contributed by atoms with Crippen molar-refractivity contribution in [1.82, 2.24) is 19.9 Å². The Labute approximate surface area is 148 Å². The Morgan fingerprint density at radius 1 is 1.32 bits per heavy atom. The summed E-state index contributed by atoms with van der Waals surface area (Å²) in [5.41, 5.74) is 1.21. The molecule has 0 spiro atoms. The highest BCUT2D eigenvalue weighted by atomic mass is 32.1. The van der Waals surface area contributed by atoms with Gasteiger partial charge in [-0.25, -0.2) is 14.8 Å². The van der Waals surface area contributed by atoms with Crippen molar-refractivity contribution in [3.8, 4) is 10.6 Å². The lowest BCUT2D eigenvalue weighted by atomic mass is 10.2.